The van der Waals surface area contributed by atoms with E-state index in [9.17, 15) is 0 Å². The van der Waals surface area contributed by atoms with E-state index < -0.39 is 0 Å². The number of thiophene rings is 1. The molecule has 19 heavy (non-hydrogen) atoms. The van der Waals surface area contributed by atoms with E-state index in [0.717, 1.165) is 25.2 Å². The highest BCUT2D eigenvalue weighted by Gasteiger charge is 2.23. The van der Waals surface area contributed by atoms with E-state index in [1.165, 1.54) is 10.6 Å². The second kappa shape index (κ2) is 7.14. The third-order valence-corrected chi connectivity index (χ3v) is 4.89. The Kier molecular flexibility index (Phi) is 5.51. The third-order valence-electron chi connectivity index (χ3n) is 3.24. The SMILES string of the molecule is CCN(CC)C(c1ccsc1)c1nc(CCN)cs1. The Morgan fingerprint density at radius 2 is 2.11 bits per heavy atom. The minimum Gasteiger partial charge on any atom is -0.330 e. The lowest BCUT2D eigenvalue weighted by Gasteiger charge is -2.27. The number of hydrogen-bond acceptors (Lipinski definition) is 5. The molecule has 0 fully saturated rings. The molecule has 2 heterocycles. The molecule has 0 aromatic carbocycles. The van der Waals surface area contributed by atoms with Crippen LogP contribution in [0.4, 0.5) is 0 Å². The quantitative estimate of drug-likeness (QED) is 0.853. The van der Waals surface area contributed by atoms with Crippen molar-refractivity contribution in [3.8, 4) is 0 Å². The molecule has 0 aliphatic carbocycles. The maximum absolute atomic E-state index is 5.61. The fourth-order valence-corrected chi connectivity index (χ4v) is 3.93. The molecule has 104 valence electrons. The largest absolute Gasteiger partial charge is 0.330 e. The van der Waals surface area contributed by atoms with E-state index in [1.54, 1.807) is 22.7 Å². The number of hydrogen-bond donors (Lipinski definition) is 1. The Bertz CT molecular complexity index is 475. The van der Waals surface area contributed by atoms with E-state index in [2.05, 4.69) is 41.0 Å². The van der Waals surface area contributed by atoms with Crippen molar-refractivity contribution in [2.75, 3.05) is 19.6 Å². The van der Waals surface area contributed by atoms with Crippen molar-refractivity contribution < 1.29 is 0 Å². The second-order valence-corrected chi connectivity index (χ2v) is 6.07. The third kappa shape index (κ3) is 3.42. The summed E-state index contributed by atoms with van der Waals surface area (Å²) in [5.74, 6) is 0. The predicted molar refractivity (Wildman–Crippen MR) is 84.0 cm³/mol. The number of aromatic nitrogens is 1. The molecule has 0 radical (unpaired) electrons. The van der Waals surface area contributed by atoms with Gasteiger partial charge >= 0.3 is 0 Å². The van der Waals surface area contributed by atoms with Crippen molar-refractivity contribution in [3.63, 3.8) is 0 Å². The van der Waals surface area contributed by atoms with Gasteiger partial charge < -0.3 is 5.73 Å². The highest BCUT2D eigenvalue weighted by molar-refractivity contribution is 7.10. The zero-order valence-corrected chi connectivity index (χ0v) is 13.1. The van der Waals surface area contributed by atoms with Crippen LogP contribution in [0.3, 0.4) is 0 Å². The molecule has 2 aromatic heterocycles. The van der Waals surface area contributed by atoms with Crippen LogP contribution in [-0.2, 0) is 6.42 Å². The lowest BCUT2D eigenvalue weighted by molar-refractivity contribution is 0.250. The number of rotatable bonds is 7. The summed E-state index contributed by atoms with van der Waals surface area (Å²) in [6, 6.07) is 2.50. The van der Waals surface area contributed by atoms with E-state index in [4.69, 9.17) is 10.7 Å². The molecule has 0 aliphatic rings. The molecular formula is C14H21N3S2. The molecule has 5 heteroatoms. The number of nitrogens with zero attached hydrogens (tertiary/aromatic N) is 2. The molecule has 0 amide bonds. The fourth-order valence-electron chi connectivity index (χ4n) is 2.24. The van der Waals surface area contributed by atoms with Gasteiger partial charge in [-0.3, -0.25) is 4.90 Å². The van der Waals surface area contributed by atoms with Crippen molar-refractivity contribution in [1.82, 2.24) is 9.88 Å². The van der Waals surface area contributed by atoms with E-state index >= 15 is 0 Å². The first-order valence-electron chi connectivity index (χ1n) is 6.70. The minimum absolute atomic E-state index is 0.290. The highest BCUT2D eigenvalue weighted by Crippen LogP contribution is 2.32. The molecule has 0 aliphatic heterocycles. The normalized spacial score (nSPS) is 13.1. The van der Waals surface area contributed by atoms with E-state index in [1.807, 2.05) is 0 Å². The minimum atomic E-state index is 0.290. The van der Waals surface area contributed by atoms with Gasteiger partial charge in [-0.15, -0.1) is 11.3 Å². The Morgan fingerprint density at radius 3 is 2.68 bits per heavy atom. The van der Waals surface area contributed by atoms with Crippen LogP contribution < -0.4 is 5.73 Å². The zero-order valence-electron chi connectivity index (χ0n) is 11.5. The Balaban J connectivity index is 2.30. The first kappa shape index (κ1) is 14.7. The van der Waals surface area contributed by atoms with Crippen molar-refractivity contribution in [2.24, 2.45) is 5.73 Å². The van der Waals surface area contributed by atoms with Gasteiger partial charge in [0.25, 0.3) is 0 Å². The van der Waals surface area contributed by atoms with Crippen LogP contribution in [-0.4, -0.2) is 29.5 Å². The Labute approximate surface area is 123 Å². The van der Waals surface area contributed by atoms with Gasteiger partial charge in [-0.25, -0.2) is 4.98 Å². The smallest absolute Gasteiger partial charge is 0.115 e. The zero-order chi connectivity index (χ0) is 13.7. The van der Waals surface area contributed by atoms with Gasteiger partial charge in [0.2, 0.25) is 0 Å². The molecule has 0 saturated heterocycles. The predicted octanol–water partition coefficient (Wildman–Crippen LogP) is 3.14. The molecule has 0 saturated carbocycles. The molecular weight excluding hydrogens is 274 g/mol. The van der Waals surface area contributed by atoms with Crippen LogP contribution in [0.2, 0.25) is 0 Å². The average Bonchev–Trinajstić information content (AvgIpc) is 3.07. The first-order valence-corrected chi connectivity index (χ1v) is 8.52. The molecule has 0 spiro atoms. The molecule has 2 rings (SSSR count). The molecule has 2 aromatic rings. The topological polar surface area (TPSA) is 42.2 Å². The molecule has 1 unspecified atom stereocenters. The summed E-state index contributed by atoms with van der Waals surface area (Å²) < 4.78 is 0. The number of nitrogens with two attached hydrogens (primary N) is 1. The first-order chi connectivity index (χ1) is 9.30. The van der Waals surface area contributed by atoms with Gasteiger partial charge in [-0.2, -0.15) is 11.3 Å². The van der Waals surface area contributed by atoms with Gasteiger partial charge in [0.1, 0.15) is 5.01 Å². The lowest BCUT2D eigenvalue weighted by Crippen LogP contribution is -2.29. The van der Waals surface area contributed by atoms with Crippen molar-refractivity contribution >= 4 is 22.7 Å². The summed E-state index contributed by atoms with van der Waals surface area (Å²) >= 11 is 3.50. The van der Waals surface area contributed by atoms with Crippen LogP contribution in [0.1, 0.15) is 36.2 Å². The van der Waals surface area contributed by atoms with E-state index in [-0.39, 0.29) is 6.04 Å². The van der Waals surface area contributed by atoms with E-state index in [0.29, 0.717) is 6.54 Å². The van der Waals surface area contributed by atoms with Gasteiger partial charge in [0, 0.05) is 11.8 Å². The Morgan fingerprint density at radius 1 is 1.32 bits per heavy atom. The maximum Gasteiger partial charge on any atom is 0.115 e. The van der Waals surface area contributed by atoms with Crippen molar-refractivity contribution in [3.05, 3.63) is 38.5 Å². The molecule has 3 nitrogen and oxygen atoms in total. The average molecular weight is 295 g/mol. The maximum atomic E-state index is 5.61. The summed E-state index contributed by atoms with van der Waals surface area (Å²) in [7, 11) is 0. The lowest BCUT2D eigenvalue weighted by atomic mass is 10.1. The number of thiazole rings is 1. The van der Waals surface area contributed by atoms with Gasteiger partial charge in [-0.1, -0.05) is 13.8 Å². The summed E-state index contributed by atoms with van der Waals surface area (Å²) in [5.41, 5.74) is 8.08. The molecule has 1 atom stereocenters. The van der Waals surface area contributed by atoms with Crippen molar-refractivity contribution in [1.29, 1.82) is 0 Å². The summed E-state index contributed by atoms with van der Waals surface area (Å²) in [6.07, 6.45) is 0.866. The summed E-state index contributed by atoms with van der Waals surface area (Å²) in [6.45, 7) is 7.14. The summed E-state index contributed by atoms with van der Waals surface area (Å²) in [4.78, 5) is 7.23. The monoisotopic (exact) mass is 295 g/mol. The fraction of sp³-hybridized carbons (Fsp3) is 0.500. The van der Waals surface area contributed by atoms with Crippen LogP contribution >= 0.6 is 22.7 Å². The molecule has 0 bridgehead atoms. The standard InChI is InChI=1S/C14H21N3S2/c1-3-17(4-2)13(11-6-8-18-9-11)14-16-12(5-7-15)10-19-14/h6,8-10,13H,3-5,7,15H2,1-2H3. The second-order valence-electron chi connectivity index (χ2n) is 4.40. The highest BCUT2D eigenvalue weighted by atomic mass is 32.1. The van der Waals surface area contributed by atoms with Crippen LogP contribution in [0.5, 0.6) is 0 Å². The van der Waals surface area contributed by atoms with Crippen LogP contribution in [0.15, 0.2) is 22.2 Å². The Hall–Kier alpha value is -0.750. The molecule has 2 N–H and O–H groups in total. The van der Waals surface area contributed by atoms with Crippen LogP contribution in [0.25, 0.3) is 0 Å². The van der Waals surface area contributed by atoms with Crippen molar-refractivity contribution in [2.45, 2.75) is 26.3 Å². The van der Waals surface area contributed by atoms with Gasteiger partial charge in [-0.05, 0) is 42.0 Å². The van der Waals surface area contributed by atoms with Crippen LogP contribution in [0, 0.1) is 0 Å². The van der Waals surface area contributed by atoms with Gasteiger partial charge in [0.05, 0.1) is 11.7 Å². The summed E-state index contributed by atoms with van der Waals surface area (Å²) in [5, 5.41) is 7.70. The van der Waals surface area contributed by atoms with Gasteiger partial charge in [0.15, 0.2) is 0 Å².